The van der Waals surface area contributed by atoms with Gasteiger partial charge in [0.25, 0.3) is 0 Å². The molecule has 4 nitrogen and oxygen atoms in total. The van der Waals surface area contributed by atoms with Crippen LogP contribution in [0, 0.1) is 0 Å². The highest BCUT2D eigenvalue weighted by Gasteiger charge is 2.52. The maximum atomic E-state index is 6.87. The third-order valence-corrected chi connectivity index (χ3v) is 11.7. The Kier molecular flexibility index (Phi) is 7.42. The van der Waals surface area contributed by atoms with E-state index in [1.807, 2.05) is 60.7 Å². The minimum Gasteiger partial charge on any atom is -0.455 e. The van der Waals surface area contributed by atoms with Crippen molar-refractivity contribution in [1.29, 1.82) is 0 Å². The number of rotatable bonds is 6. The molecule has 1 atom stereocenters. The van der Waals surface area contributed by atoms with Crippen molar-refractivity contribution >= 4 is 27.5 Å². The summed E-state index contributed by atoms with van der Waals surface area (Å²) in [5.74, 6) is 1.93. The lowest BCUT2D eigenvalue weighted by atomic mass is 9.69. The lowest BCUT2D eigenvalue weighted by molar-refractivity contribution is 0.669. The lowest BCUT2D eigenvalue weighted by Crippen LogP contribution is -2.26. The zero-order valence-electron chi connectivity index (χ0n) is 31.3. The van der Waals surface area contributed by atoms with E-state index in [-0.39, 0.29) is 0 Å². The second-order valence-electron chi connectivity index (χ2n) is 14.7. The van der Waals surface area contributed by atoms with Gasteiger partial charge in [-0.2, -0.15) is 0 Å². The van der Waals surface area contributed by atoms with E-state index in [4.69, 9.17) is 19.4 Å². The number of hydrogen-bond donors (Lipinski definition) is 0. The van der Waals surface area contributed by atoms with Crippen LogP contribution in [0.5, 0.6) is 0 Å². The number of benzene rings is 7. The van der Waals surface area contributed by atoms with Crippen LogP contribution >= 0.6 is 0 Å². The molecule has 0 fully saturated rings. The number of nitrogens with zero attached hydrogens (tertiary/aromatic N) is 3. The topological polar surface area (TPSA) is 51.8 Å². The maximum Gasteiger partial charge on any atom is 0.164 e. The van der Waals surface area contributed by atoms with Crippen molar-refractivity contribution in [2.75, 3.05) is 0 Å². The zero-order valence-corrected chi connectivity index (χ0v) is 31.3. The van der Waals surface area contributed by atoms with Crippen molar-refractivity contribution in [2.45, 2.75) is 12.3 Å². The molecule has 1 unspecified atom stereocenters. The van der Waals surface area contributed by atoms with Crippen LogP contribution in [0.25, 0.3) is 83.9 Å². The number of aromatic nitrogens is 3. The van der Waals surface area contributed by atoms with Gasteiger partial charge in [-0.05, 0) is 69.1 Å². The quantitative estimate of drug-likeness (QED) is 0.171. The molecule has 11 rings (SSSR count). The molecule has 0 N–H and O–H groups in total. The molecular weight excluding hydrogens is 695 g/mol. The van der Waals surface area contributed by atoms with Gasteiger partial charge in [0, 0.05) is 33.0 Å². The first-order chi connectivity index (χ1) is 28.2. The number of allylic oxidation sites excluding steroid dienone is 5. The molecule has 0 radical (unpaired) electrons. The van der Waals surface area contributed by atoms with Gasteiger partial charge in [0.2, 0.25) is 0 Å². The fraction of sp³-hybridized carbons (Fsp3) is 0.0377. The summed E-state index contributed by atoms with van der Waals surface area (Å²) in [6, 6.07) is 57.4. The second-order valence-corrected chi connectivity index (χ2v) is 14.7. The van der Waals surface area contributed by atoms with Crippen molar-refractivity contribution in [3.8, 4) is 56.4 Å². The Labute approximate surface area is 330 Å². The summed E-state index contributed by atoms with van der Waals surface area (Å²) in [6.45, 7) is 6.47. The van der Waals surface area contributed by atoms with Crippen molar-refractivity contribution < 1.29 is 4.42 Å². The van der Waals surface area contributed by atoms with Crippen LogP contribution < -0.4 is 0 Å². The second kappa shape index (κ2) is 12.8. The van der Waals surface area contributed by atoms with Gasteiger partial charge in [0.15, 0.2) is 17.5 Å². The molecular formula is C53H35N3O. The van der Waals surface area contributed by atoms with E-state index in [9.17, 15) is 0 Å². The number of furan rings is 1. The largest absolute Gasteiger partial charge is 0.455 e. The molecule has 2 heterocycles. The highest BCUT2D eigenvalue weighted by molar-refractivity contribution is 6.14. The molecule has 268 valence electrons. The van der Waals surface area contributed by atoms with Gasteiger partial charge in [-0.3, -0.25) is 0 Å². The Bertz CT molecular complexity index is 3080. The van der Waals surface area contributed by atoms with Crippen LogP contribution in [0.4, 0.5) is 0 Å². The molecule has 0 amide bonds. The van der Waals surface area contributed by atoms with E-state index in [0.717, 1.165) is 55.3 Å². The normalized spacial score (nSPS) is 15.5. The summed E-state index contributed by atoms with van der Waals surface area (Å²) >= 11 is 0. The van der Waals surface area contributed by atoms with E-state index in [1.165, 1.54) is 39.0 Å². The first-order valence-corrected chi connectivity index (χ1v) is 19.3. The fourth-order valence-electron chi connectivity index (χ4n) is 9.25. The predicted molar refractivity (Wildman–Crippen MR) is 233 cm³/mol. The first kappa shape index (κ1) is 33.0. The van der Waals surface area contributed by atoms with Crippen LogP contribution in [0.2, 0.25) is 0 Å². The number of hydrogen-bond acceptors (Lipinski definition) is 4. The van der Waals surface area contributed by atoms with Crippen LogP contribution in [0.3, 0.4) is 0 Å². The molecule has 0 saturated carbocycles. The third-order valence-electron chi connectivity index (χ3n) is 11.7. The van der Waals surface area contributed by atoms with Gasteiger partial charge >= 0.3 is 0 Å². The monoisotopic (exact) mass is 729 g/mol. The molecule has 9 aromatic rings. The van der Waals surface area contributed by atoms with Crippen LogP contribution in [-0.4, -0.2) is 15.0 Å². The molecule has 0 aliphatic heterocycles. The van der Waals surface area contributed by atoms with E-state index in [2.05, 4.69) is 135 Å². The van der Waals surface area contributed by atoms with Gasteiger partial charge < -0.3 is 4.42 Å². The van der Waals surface area contributed by atoms with Crippen molar-refractivity contribution in [3.05, 3.63) is 216 Å². The van der Waals surface area contributed by atoms with E-state index >= 15 is 0 Å². The van der Waals surface area contributed by atoms with Gasteiger partial charge in [0.1, 0.15) is 11.2 Å². The van der Waals surface area contributed by atoms with Gasteiger partial charge in [0.05, 0.1) is 5.41 Å². The van der Waals surface area contributed by atoms with Crippen molar-refractivity contribution in [2.24, 2.45) is 0 Å². The summed E-state index contributed by atoms with van der Waals surface area (Å²) in [4.78, 5) is 14.7. The Balaban J connectivity index is 1.03. The molecule has 7 aromatic carbocycles. The van der Waals surface area contributed by atoms with E-state index < -0.39 is 5.41 Å². The Morgan fingerprint density at radius 2 is 1.05 bits per heavy atom. The molecule has 2 aromatic heterocycles. The predicted octanol–water partition coefficient (Wildman–Crippen LogP) is 13.3. The molecule has 2 aliphatic carbocycles. The summed E-state index contributed by atoms with van der Waals surface area (Å²) in [7, 11) is 0. The van der Waals surface area contributed by atoms with Gasteiger partial charge in [-0.15, -0.1) is 0 Å². The highest BCUT2D eigenvalue weighted by Crippen LogP contribution is 2.63. The van der Waals surface area contributed by atoms with E-state index in [1.54, 1.807) is 0 Å². The summed E-state index contributed by atoms with van der Waals surface area (Å²) in [5, 5.41) is 2.19. The molecule has 57 heavy (non-hydrogen) atoms. The minimum atomic E-state index is -0.485. The maximum absolute atomic E-state index is 6.87. The summed E-state index contributed by atoms with van der Waals surface area (Å²) in [6.07, 6.45) is 6.42. The van der Waals surface area contributed by atoms with Gasteiger partial charge in [-0.1, -0.05) is 176 Å². The Morgan fingerprint density at radius 3 is 1.68 bits per heavy atom. The zero-order chi connectivity index (χ0) is 38.1. The molecule has 2 aliphatic rings. The van der Waals surface area contributed by atoms with Crippen LogP contribution in [0.1, 0.15) is 29.2 Å². The standard InChI is InChI=1S/C53H35N3O/c1-3-15-38-39-20-11-13-22-44(39)53(43(38)4-2)45-23-14-12-21-41(45)48-46(53)30-29-40-42-32-37(28-31-47(42)57-49(40)48)33-24-26-36(27-25-33)52-55-50(34-16-7-5-8-17-34)54-51(56-52)35-18-9-6-10-19-35/h3-32H,2H2,1H3/b15-3-. The summed E-state index contributed by atoms with van der Waals surface area (Å²) < 4.78 is 6.87. The van der Waals surface area contributed by atoms with Crippen molar-refractivity contribution in [1.82, 2.24) is 15.0 Å². The minimum absolute atomic E-state index is 0.485. The average Bonchev–Trinajstić information content (AvgIpc) is 3.90. The molecule has 0 saturated heterocycles. The first-order valence-electron chi connectivity index (χ1n) is 19.3. The van der Waals surface area contributed by atoms with Gasteiger partial charge in [-0.25, -0.2) is 15.0 Å². The molecule has 1 spiro atoms. The highest BCUT2D eigenvalue weighted by atomic mass is 16.3. The lowest BCUT2D eigenvalue weighted by Gasteiger charge is -2.31. The average molecular weight is 730 g/mol. The molecule has 0 bridgehead atoms. The Morgan fingerprint density at radius 1 is 0.509 bits per heavy atom. The smallest absolute Gasteiger partial charge is 0.164 e. The van der Waals surface area contributed by atoms with Crippen LogP contribution in [0.15, 0.2) is 199 Å². The fourth-order valence-corrected chi connectivity index (χ4v) is 9.25. The summed E-state index contributed by atoms with van der Waals surface area (Å²) in [5.41, 5.74) is 16.1. The SMILES string of the molecule is C=CC1=C(/C=C\C)c2ccccc2C12c1ccccc1-c1c2ccc2c1oc1ccc(-c3ccc(-c4nc(-c5ccccc5)nc(-c5ccccc5)n4)cc3)cc12. The third kappa shape index (κ3) is 4.84. The van der Waals surface area contributed by atoms with Crippen molar-refractivity contribution in [3.63, 3.8) is 0 Å². The van der Waals surface area contributed by atoms with Crippen LogP contribution in [-0.2, 0) is 5.41 Å². The molecule has 4 heteroatoms. The Hall–Kier alpha value is -7.43. The number of fused-ring (bicyclic) bond motifs is 11. The van der Waals surface area contributed by atoms with E-state index in [0.29, 0.717) is 17.5 Å².